The molecule has 0 fully saturated rings. The molecule has 0 saturated carbocycles. The van der Waals surface area contributed by atoms with Gasteiger partial charge in [0, 0.05) is 22.0 Å². The van der Waals surface area contributed by atoms with Crippen molar-refractivity contribution in [3.05, 3.63) is 259 Å². The summed E-state index contributed by atoms with van der Waals surface area (Å²) in [5, 5.41) is 7.52. The predicted molar refractivity (Wildman–Crippen MR) is 261 cm³/mol. The molecular formula is C61H39N. The molecule has 1 unspecified atom stereocenters. The van der Waals surface area contributed by atoms with E-state index >= 15 is 0 Å². The fourth-order valence-electron chi connectivity index (χ4n) is 11.1. The number of hydrogen-bond donors (Lipinski definition) is 0. The van der Waals surface area contributed by atoms with Gasteiger partial charge in [-0.1, -0.05) is 212 Å². The molecule has 1 atom stereocenters. The van der Waals surface area contributed by atoms with Gasteiger partial charge in [0.15, 0.2) is 0 Å². The minimum absolute atomic E-state index is 0.609. The van der Waals surface area contributed by atoms with Gasteiger partial charge in [-0.2, -0.15) is 0 Å². The van der Waals surface area contributed by atoms with E-state index in [2.05, 4.69) is 241 Å². The van der Waals surface area contributed by atoms with Crippen molar-refractivity contribution < 1.29 is 0 Å². The quantitative estimate of drug-likeness (QED) is 0.168. The molecule has 2 aliphatic rings. The van der Waals surface area contributed by atoms with Gasteiger partial charge in [0.25, 0.3) is 0 Å². The van der Waals surface area contributed by atoms with Gasteiger partial charge in [-0.05, 0) is 107 Å². The zero-order valence-electron chi connectivity index (χ0n) is 34.0. The molecule has 1 heteroatoms. The zero-order chi connectivity index (χ0) is 40.8. The predicted octanol–water partition coefficient (Wildman–Crippen LogP) is 16.3. The van der Waals surface area contributed by atoms with Gasteiger partial charge < -0.3 is 4.90 Å². The van der Waals surface area contributed by atoms with E-state index in [4.69, 9.17) is 0 Å². The van der Waals surface area contributed by atoms with Gasteiger partial charge in [-0.15, -0.1) is 0 Å². The molecule has 0 bridgehead atoms. The summed E-state index contributed by atoms with van der Waals surface area (Å²) in [7, 11) is 0. The van der Waals surface area contributed by atoms with Crippen LogP contribution in [0, 0.1) is 0 Å². The third-order valence-corrected chi connectivity index (χ3v) is 13.6. The van der Waals surface area contributed by atoms with Crippen molar-refractivity contribution in [2.75, 3.05) is 4.90 Å². The fourth-order valence-corrected chi connectivity index (χ4v) is 11.1. The third-order valence-electron chi connectivity index (χ3n) is 13.6. The first-order valence-corrected chi connectivity index (χ1v) is 21.6. The number of nitrogens with zero attached hydrogens (tertiary/aromatic N) is 1. The Balaban J connectivity index is 1.19. The standard InChI is InChI=1S/C61H39N/c1-4-17-40(18-5-1)44-34-36-49-51-37-38-57(62(45-24-8-3-9-25-45)60-46-26-11-10-21-42(46)33-35-47(60)41-19-6-2-7-20-41)52-29-16-32-55(59(51)52)61(56(49)39-44)53-30-13-12-27-48(53)50-28-14-22-43-23-15-31-54(61)58(43)50/h1-39H. The average molecular weight is 786 g/mol. The lowest BCUT2D eigenvalue weighted by molar-refractivity contribution is 0.755. The van der Waals surface area contributed by atoms with Gasteiger partial charge in [-0.25, -0.2) is 0 Å². The molecule has 0 heterocycles. The van der Waals surface area contributed by atoms with Crippen molar-refractivity contribution in [2.45, 2.75) is 5.41 Å². The Kier molecular flexibility index (Phi) is 7.59. The van der Waals surface area contributed by atoms with Crippen LogP contribution in [0.4, 0.5) is 17.1 Å². The molecule has 0 aliphatic heterocycles. The van der Waals surface area contributed by atoms with Gasteiger partial charge in [0.1, 0.15) is 0 Å². The highest BCUT2D eigenvalue weighted by molar-refractivity contribution is 6.16. The van der Waals surface area contributed by atoms with Crippen LogP contribution in [0.5, 0.6) is 0 Å². The van der Waals surface area contributed by atoms with Crippen molar-refractivity contribution in [1.29, 1.82) is 0 Å². The molecule has 2 aliphatic carbocycles. The van der Waals surface area contributed by atoms with Crippen LogP contribution in [0.2, 0.25) is 0 Å². The zero-order valence-corrected chi connectivity index (χ0v) is 34.0. The molecular weight excluding hydrogens is 747 g/mol. The number of para-hydroxylation sites is 1. The first-order valence-electron chi connectivity index (χ1n) is 21.6. The van der Waals surface area contributed by atoms with E-state index in [1.807, 2.05) is 0 Å². The summed E-state index contributed by atoms with van der Waals surface area (Å²) in [4.78, 5) is 2.53. The number of hydrogen-bond acceptors (Lipinski definition) is 1. The normalized spacial score (nSPS) is 14.5. The molecule has 0 radical (unpaired) electrons. The van der Waals surface area contributed by atoms with E-state index in [9.17, 15) is 0 Å². The second-order valence-corrected chi connectivity index (χ2v) is 16.7. The minimum atomic E-state index is -0.609. The Bertz CT molecular complexity index is 3570. The van der Waals surface area contributed by atoms with E-state index in [0.717, 1.165) is 11.4 Å². The average Bonchev–Trinajstić information content (AvgIpc) is 3.35. The molecule has 0 aromatic heterocycles. The van der Waals surface area contributed by atoms with Crippen molar-refractivity contribution >= 4 is 49.4 Å². The summed E-state index contributed by atoms with van der Waals surface area (Å²) in [6.45, 7) is 0. The maximum absolute atomic E-state index is 2.53. The lowest BCUT2D eigenvalue weighted by atomic mass is 9.55. The maximum Gasteiger partial charge on any atom is 0.0726 e. The summed E-state index contributed by atoms with van der Waals surface area (Å²) in [5.41, 5.74) is 18.0. The van der Waals surface area contributed by atoms with Gasteiger partial charge >= 0.3 is 0 Å². The molecule has 288 valence electrons. The van der Waals surface area contributed by atoms with Crippen LogP contribution in [-0.4, -0.2) is 0 Å². The van der Waals surface area contributed by atoms with Crippen LogP contribution < -0.4 is 4.90 Å². The molecule has 11 aromatic rings. The number of fused-ring (bicyclic) bond motifs is 9. The molecule has 11 aromatic carbocycles. The Hall–Kier alpha value is -8.00. The molecule has 0 N–H and O–H groups in total. The first-order chi connectivity index (χ1) is 30.8. The maximum atomic E-state index is 2.53. The van der Waals surface area contributed by atoms with Crippen LogP contribution in [0.25, 0.3) is 76.8 Å². The van der Waals surface area contributed by atoms with Gasteiger partial charge in [-0.3, -0.25) is 0 Å². The van der Waals surface area contributed by atoms with Crippen LogP contribution in [0.15, 0.2) is 237 Å². The second-order valence-electron chi connectivity index (χ2n) is 16.7. The molecule has 1 spiro atoms. The fraction of sp³-hybridized carbons (Fsp3) is 0.0164. The van der Waals surface area contributed by atoms with Crippen LogP contribution in [-0.2, 0) is 5.41 Å². The van der Waals surface area contributed by atoms with Crippen LogP contribution in [0.1, 0.15) is 22.3 Å². The molecule has 13 rings (SSSR count). The minimum Gasteiger partial charge on any atom is -0.309 e. The van der Waals surface area contributed by atoms with E-state index in [1.54, 1.807) is 0 Å². The first kappa shape index (κ1) is 34.8. The highest BCUT2D eigenvalue weighted by atomic mass is 15.1. The number of rotatable bonds is 5. The van der Waals surface area contributed by atoms with Gasteiger partial charge in [0.05, 0.1) is 16.8 Å². The van der Waals surface area contributed by atoms with Crippen molar-refractivity contribution in [2.24, 2.45) is 0 Å². The summed E-state index contributed by atoms with van der Waals surface area (Å²) in [6.07, 6.45) is 0. The Morgan fingerprint density at radius 1 is 0.290 bits per heavy atom. The largest absolute Gasteiger partial charge is 0.309 e. The van der Waals surface area contributed by atoms with Crippen LogP contribution in [0.3, 0.4) is 0 Å². The molecule has 1 nitrogen and oxygen atoms in total. The summed E-state index contributed by atoms with van der Waals surface area (Å²) in [6, 6.07) is 88.2. The molecule has 0 saturated heterocycles. The van der Waals surface area contributed by atoms with Crippen molar-refractivity contribution in [3.8, 4) is 44.5 Å². The summed E-state index contributed by atoms with van der Waals surface area (Å²) < 4.78 is 0. The Morgan fingerprint density at radius 2 is 0.839 bits per heavy atom. The van der Waals surface area contributed by atoms with Gasteiger partial charge in [0.2, 0.25) is 0 Å². The Morgan fingerprint density at radius 3 is 1.66 bits per heavy atom. The third kappa shape index (κ3) is 4.85. The SMILES string of the molecule is c1ccc(-c2ccc3c(c2)C2(c4ccccc4-c4cccc5cccc2c45)c2cccc4c(N(c5ccccc5)c5c(-c6ccccc6)ccc6ccccc56)ccc-3c24)cc1. The monoisotopic (exact) mass is 785 g/mol. The van der Waals surface area contributed by atoms with E-state index in [0.29, 0.717) is 0 Å². The summed E-state index contributed by atoms with van der Waals surface area (Å²) >= 11 is 0. The lowest BCUT2D eigenvalue weighted by Crippen LogP contribution is -2.36. The van der Waals surface area contributed by atoms with Crippen LogP contribution >= 0.6 is 0 Å². The lowest BCUT2D eigenvalue weighted by Gasteiger charge is -2.46. The number of benzene rings is 11. The van der Waals surface area contributed by atoms with Crippen molar-refractivity contribution in [1.82, 2.24) is 0 Å². The topological polar surface area (TPSA) is 3.24 Å². The highest BCUT2D eigenvalue weighted by Crippen LogP contribution is 2.62. The highest BCUT2D eigenvalue weighted by Gasteiger charge is 2.49. The molecule has 62 heavy (non-hydrogen) atoms. The smallest absolute Gasteiger partial charge is 0.0726 e. The summed E-state index contributed by atoms with van der Waals surface area (Å²) in [5.74, 6) is 0. The van der Waals surface area contributed by atoms with E-state index in [1.165, 1.54) is 105 Å². The van der Waals surface area contributed by atoms with E-state index < -0.39 is 5.41 Å². The second kappa shape index (κ2) is 13.5. The van der Waals surface area contributed by atoms with Crippen molar-refractivity contribution in [3.63, 3.8) is 0 Å². The van der Waals surface area contributed by atoms with E-state index in [-0.39, 0.29) is 0 Å². The number of anilines is 3. The molecule has 0 amide bonds. The Labute approximate surface area is 361 Å².